The molecule has 2 N–H and O–H groups in total. The van der Waals surface area contributed by atoms with Gasteiger partial charge in [-0.3, -0.25) is 0 Å². The number of nitrogens with two attached hydrogens (primary N) is 1. The number of rotatable bonds is 4. The van der Waals surface area contributed by atoms with E-state index in [0.717, 1.165) is 5.56 Å². The minimum Gasteiger partial charge on any atom is -0.353 e. The van der Waals surface area contributed by atoms with Crippen molar-refractivity contribution in [1.29, 1.82) is 0 Å². The predicted octanol–water partition coefficient (Wildman–Crippen LogP) is 2.62. The number of aromatic nitrogens is 1. The van der Waals surface area contributed by atoms with Crippen molar-refractivity contribution in [2.75, 3.05) is 11.9 Å². The van der Waals surface area contributed by atoms with E-state index in [9.17, 15) is 4.39 Å². The van der Waals surface area contributed by atoms with E-state index >= 15 is 0 Å². The Bertz CT molecular complexity index is 552. The number of aryl methyl sites for hydroxylation is 1. The molecule has 2 rings (SSSR count). The second kappa shape index (κ2) is 5.80. The van der Waals surface area contributed by atoms with Crippen LogP contribution in [0.4, 0.5) is 10.2 Å². The Balaban J connectivity index is 2.20. The highest BCUT2D eigenvalue weighted by atomic mass is 19.1. The van der Waals surface area contributed by atoms with Crippen LogP contribution in [-0.2, 0) is 13.1 Å². The van der Waals surface area contributed by atoms with E-state index in [-0.39, 0.29) is 12.4 Å². The Hall–Kier alpha value is -1.94. The molecule has 1 aromatic carbocycles. The SMILES string of the molecule is Cc1ccc(CN(C)c2nccc(CN)c2F)cc1. The van der Waals surface area contributed by atoms with Crippen LogP contribution in [0.3, 0.4) is 0 Å². The molecule has 0 fully saturated rings. The van der Waals surface area contributed by atoms with Gasteiger partial charge in [-0.1, -0.05) is 29.8 Å². The number of hydrogen-bond acceptors (Lipinski definition) is 3. The van der Waals surface area contributed by atoms with Crippen molar-refractivity contribution in [2.45, 2.75) is 20.0 Å². The lowest BCUT2D eigenvalue weighted by Crippen LogP contribution is -2.20. The number of anilines is 1. The van der Waals surface area contributed by atoms with Gasteiger partial charge in [-0.05, 0) is 18.6 Å². The summed E-state index contributed by atoms with van der Waals surface area (Å²) in [6.07, 6.45) is 1.59. The van der Waals surface area contributed by atoms with Crippen molar-refractivity contribution in [3.05, 3.63) is 59.0 Å². The molecule has 4 heteroatoms. The highest BCUT2D eigenvalue weighted by Gasteiger charge is 2.12. The van der Waals surface area contributed by atoms with Gasteiger partial charge >= 0.3 is 0 Å². The Labute approximate surface area is 112 Å². The smallest absolute Gasteiger partial charge is 0.170 e. The third-order valence-corrected chi connectivity index (χ3v) is 3.07. The van der Waals surface area contributed by atoms with Gasteiger partial charge in [-0.2, -0.15) is 0 Å². The Kier molecular flexibility index (Phi) is 4.12. The van der Waals surface area contributed by atoms with E-state index in [1.54, 1.807) is 17.2 Å². The van der Waals surface area contributed by atoms with Crippen LogP contribution in [-0.4, -0.2) is 12.0 Å². The third kappa shape index (κ3) is 3.09. The number of hydrogen-bond donors (Lipinski definition) is 1. The van der Waals surface area contributed by atoms with Crippen molar-refractivity contribution < 1.29 is 4.39 Å². The lowest BCUT2D eigenvalue weighted by molar-refractivity contribution is 0.598. The Morgan fingerprint density at radius 3 is 2.53 bits per heavy atom. The van der Waals surface area contributed by atoms with Crippen molar-refractivity contribution in [1.82, 2.24) is 4.98 Å². The van der Waals surface area contributed by atoms with Gasteiger partial charge in [0.25, 0.3) is 0 Å². The predicted molar refractivity (Wildman–Crippen MR) is 75.4 cm³/mol. The summed E-state index contributed by atoms with van der Waals surface area (Å²) in [5, 5.41) is 0. The zero-order chi connectivity index (χ0) is 13.8. The summed E-state index contributed by atoms with van der Waals surface area (Å²) in [6.45, 7) is 2.83. The van der Waals surface area contributed by atoms with Crippen LogP contribution < -0.4 is 10.6 Å². The summed E-state index contributed by atoms with van der Waals surface area (Å²) >= 11 is 0. The van der Waals surface area contributed by atoms with E-state index in [4.69, 9.17) is 5.73 Å². The highest BCUT2D eigenvalue weighted by Crippen LogP contribution is 2.19. The summed E-state index contributed by atoms with van der Waals surface area (Å²) in [4.78, 5) is 5.89. The first-order chi connectivity index (χ1) is 9.11. The first-order valence-electron chi connectivity index (χ1n) is 6.22. The molecule has 0 amide bonds. The lowest BCUT2D eigenvalue weighted by atomic mass is 10.1. The molecule has 100 valence electrons. The molecule has 0 saturated carbocycles. The minimum atomic E-state index is -0.334. The normalized spacial score (nSPS) is 10.5. The minimum absolute atomic E-state index is 0.180. The van der Waals surface area contributed by atoms with Crippen molar-refractivity contribution in [2.24, 2.45) is 5.73 Å². The zero-order valence-corrected chi connectivity index (χ0v) is 11.2. The largest absolute Gasteiger partial charge is 0.353 e. The summed E-state index contributed by atoms with van der Waals surface area (Å²) in [6, 6.07) is 9.78. The molecule has 1 heterocycles. The van der Waals surface area contributed by atoms with Crippen molar-refractivity contribution in [3.63, 3.8) is 0 Å². The number of halogens is 1. The molecule has 0 aliphatic carbocycles. The molecule has 0 atom stereocenters. The molecule has 0 aliphatic rings. The zero-order valence-electron chi connectivity index (χ0n) is 11.2. The molecule has 0 unspecified atom stereocenters. The summed E-state index contributed by atoms with van der Waals surface area (Å²) in [5.41, 5.74) is 8.32. The molecule has 0 bridgehead atoms. The van der Waals surface area contributed by atoms with E-state index in [1.165, 1.54) is 5.56 Å². The summed E-state index contributed by atoms with van der Waals surface area (Å²) in [7, 11) is 1.82. The van der Waals surface area contributed by atoms with Crippen LogP contribution in [0, 0.1) is 12.7 Å². The fourth-order valence-electron chi connectivity index (χ4n) is 1.94. The topological polar surface area (TPSA) is 42.2 Å². The van der Waals surface area contributed by atoms with Crippen LogP contribution in [0.5, 0.6) is 0 Å². The fraction of sp³-hybridized carbons (Fsp3) is 0.267. The maximum atomic E-state index is 14.1. The highest BCUT2D eigenvalue weighted by molar-refractivity contribution is 5.43. The number of benzene rings is 1. The Morgan fingerprint density at radius 1 is 1.21 bits per heavy atom. The molecule has 0 saturated heterocycles. The first-order valence-corrected chi connectivity index (χ1v) is 6.22. The quantitative estimate of drug-likeness (QED) is 0.917. The molecular formula is C15H18FN3. The molecule has 0 radical (unpaired) electrons. The van der Waals surface area contributed by atoms with Gasteiger partial charge in [0.05, 0.1) is 0 Å². The van der Waals surface area contributed by atoms with E-state index in [2.05, 4.69) is 4.98 Å². The van der Waals surface area contributed by atoms with Gasteiger partial charge < -0.3 is 10.6 Å². The first kappa shape index (κ1) is 13.5. The van der Waals surface area contributed by atoms with E-state index in [1.807, 2.05) is 38.2 Å². The van der Waals surface area contributed by atoms with Gasteiger partial charge in [-0.25, -0.2) is 9.37 Å². The Morgan fingerprint density at radius 2 is 1.89 bits per heavy atom. The lowest BCUT2D eigenvalue weighted by Gasteiger charge is -2.19. The summed E-state index contributed by atoms with van der Waals surface area (Å²) in [5.74, 6) is 0.00290. The van der Waals surface area contributed by atoms with Crippen molar-refractivity contribution >= 4 is 5.82 Å². The number of pyridine rings is 1. The van der Waals surface area contributed by atoms with Gasteiger partial charge in [0.2, 0.25) is 0 Å². The van der Waals surface area contributed by atoms with Gasteiger partial charge in [0.1, 0.15) is 0 Å². The molecule has 0 aliphatic heterocycles. The average Bonchev–Trinajstić information content (AvgIpc) is 2.41. The standard InChI is InChI=1S/C15H18FN3/c1-11-3-5-12(6-4-11)10-19(2)15-14(16)13(9-17)7-8-18-15/h3-8H,9-10,17H2,1-2H3. The molecular weight excluding hydrogens is 241 g/mol. The molecule has 19 heavy (non-hydrogen) atoms. The van der Waals surface area contributed by atoms with Gasteiger partial charge in [0.15, 0.2) is 11.6 Å². The molecule has 1 aromatic heterocycles. The van der Waals surface area contributed by atoms with Crippen LogP contribution >= 0.6 is 0 Å². The second-order valence-corrected chi connectivity index (χ2v) is 4.65. The van der Waals surface area contributed by atoms with Gasteiger partial charge in [-0.15, -0.1) is 0 Å². The third-order valence-electron chi connectivity index (χ3n) is 3.07. The van der Waals surface area contributed by atoms with Crippen LogP contribution in [0.15, 0.2) is 36.5 Å². The van der Waals surface area contributed by atoms with E-state index < -0.39 is 0 Å². The monoisotopic (exact) mass is 259 g/mol. The van der Waals surface area contributed by atoms with Gasteiger partial charge in [0, 0.05) is 31.9 Å². The maximum Gasteiger partial charge on any atom is 0.170 e. The van der Waals surface area contributed by atoms with Crippen molar-refractivity contribution in [3.8, 4) is 0 Å². The molecule has 2 aromatic rings. The fourth-order valence-corrected chi connectivity index (χ4v) is 1.94. The average molecular weight is 259 g/mol. The molecule has 3 nitrogen and oxygen atoms in total. The van der Waals surface area contributed by atoms with Crippen LogP contribution in [0.1, 0.15) is 16.7 Å². The summed E-state index contributed by atoms with van der Waals surface area (Å²) < 4.78 is 14.1. The number of nitrogens with zero attached hydrogens (tertiary/aromatic N) is 2. The maximum absolute atomic E-state index is 14.1. The molecule has 0 spiro atoms. The van der Waals surface area contributed by atoms with Crippen LogP contribution in [0.2, 0.25) is 0 Å². The second-order valence-electron chi connectivity index (χ2n) is 4.65. The van der Waals surface area contributed by atoms with E-state index in [0.29, 0.717) is 17.9 Å². The van der Waals surface area contributed by atoms with Crippen LogP contribution in [0.25, 0.3) is 0 Å².